The van der Waals surface area contributed by atoms with Crippen molar-refractivity contribution in [3.05, 3.63) is 0 Å². The number of likely N-dealkylation sites (tertiary alicyclic amines) is 1. The number of rotatable bonds is 5. The van der Waals surface area contributed by atoms with Crippen LogP contribution in [0.2, 0.25) is 0 Å². The average Bonchev–Trinajstić information content (AvgIpc) is 3.07. The second-order valence-electron chi connectivity index (χ2n) is 7.29. The summed E-state index contributed by atoms with van der Waals surface area (Å²) in [6.07, 6.45) is 5.05. The van der Waals surface area contributed by atoms with Crippen LogP contribution in [0.4, 0.5) is 4.79 Å². The number of amides is 4. The second kappa shape index (κ2) is 7.01. The SMILES string of the molecule is CN1CC(=O)N(CCCC(=O)N2[C@@H]3CCCC[C@H]3C[C@H]2C(=O)O)C1=O. The van der Waals surface area contributed by atoms with E-state index >= 15 is 0 Å². The summed E-state index contributed by atoms with van der Waals surface area (Å²) in [6.45, 7) is 0.275. The van der Waals surface area contributed by atoms with Crippen molar-refractivity contribution in [1.29, 1.82) is 0 Å². The molecular formula is C17H25N3O5. The number of fused-ring (bicyclic) bond motifs is 1. The van der Waals surface area contributed by atoms with Crippen LogP contribution in [0.5, 0.6) is 0 Å². The Balaban J connectivity index is 1.58. The predicted octanol–water partition coefficient (Wildman–Crippen LogP) is 0.905. The van der Waals surface area contributed by atoms with Crippen LogP contribution in [0, 0.1) is 5.92 Å². The molecule has 0 unspecified atom stereocenters. The third-order valence-electron chi connectivity index (χ3n) is 5.66. The fourth-order valence-corrected chi connectivity index (χ4v) is 4.45. The lowest BCUT2D eigenvalue weighted by Gasteiger charge is -2.33. The van der Waals surface area contributed by atoms with Gasteiger partial charge in [-0.15, -0.1) is 0 Å². The van der Waals surface area contributed by atoms with Gasteiger partial charge in [-0.05, 0) is 31.6 Å². The maximum absolute atomic E-state index is 12.7. The highest BCUT2D eigenvalue weighted by atomic mass is 16.4. The maximum atomic E-state index is 12.7. The van der Waals surface area contributed by atoms with Crippen LogP contribution in [0.25, 0.3) is 0 Å². The highest BCUT2D eigenvalue weighted by Gasteiger charge is 2.47. The molecule has 1 saturated carbocycles. The van der Waals surface area contributed by atoms with Crippen LogP contribution in [0.3, 0.4) is 0 Å². The summed E-state index contributed by atoms with van der Waals surface area (Å²) >= 11 is 0. The fraction of sp³-hybridized carbons (Fsp3) is 0.765. The summed E-state index contributed by atoms with van der Waals surface area (Å²) in [4.78, 5) is 51.9. The molecule has 2 saturated heterocycles. The van der Waals surface area contributed by atoms with E-state index in [-0.39, 0.29) is 49.3 Å². The molecule has 1 aliphatic carbocycles. The van der Waals surface area contributed by atoms with E-state index in [0.29, 0.717) is 12.8 Å². The van der Waals surface area contributed by atoms with Crippen molar-refractivity contribution in [3.8, 4) is 0 Å². The number of hydrogen-bond donors (Lipinski definition) is 1. The Bertz CT molecular complexity index is 593. The van der Waals surface area contributed by atoms with Gasteiger partial charge in [0.15, 0.2) is 0 Å². The Morgan fingerprint density at radius 1 is 1.20 bits per heavy atom. The molecule has 0 radical (unpaired) electrons. The number of carboxylic acids is 1. The third-order valence-corrected chi connectivity index (χ3v) is 5.66. The molecule has 0 aromatic heterocycles. The summed E-state index contributed by atoms with van der Waals surface area (Å²) in [5.41, 5.74) is 0. The van der Waals surface area contributed by atoms with E-state index in [1.165, 1.54) is 4.90 Å². The molecule has 3 atom stereocenters. The summed E-state index contributed by atoms with van der Waals surface area (Å²) in [5.74, 6) is -1.07. The number of imide groups is 1. The van der Waals surface area contributed by atoms with Gasteiger partial charge in [0, 0.05) is 26.1 Å². The van der Waals surface area contributed by atoms with Gasteiger partial charge in [-0.25, -0.2) is 9.59 Å². The van der Waals surface area contributed by atoms with Gasteiger partial charge in [-0.2, -0.15) is 0 Å². The topological polar surface area (TPSA) is 98.2 Å². The van der Waals surface area contributed by atoms with Crippen LogP contribution in [0.15, 0.2) is 0 Å². The normalized spacial score (nSPS) is 29.3. The van der Waals surface area contributed by atoms with Crippen molar-refractivity contribution in [1.82, 2.24) is 14.7 Å². The zero-order chi connectivity index (χ0) is 18.1. The van der Waals surface area contributed by atoms with E-state index in [1.54, 1.807) is 11.9 Å². The Morgan fingerprint density at radius 3 is 2.56 bits per heavy atom. The minimum Gasteiger partial charge on any atom is -0.480 e. The Kier molecular flexibility index (Phi) is 4.96. The molecular weight excluding hydrogens is 326 g/mol. The molecule has 1 N–H and O–H groups in total. The van der Waals surface area contributed by atoms with Crippen LogP contribution in [-0.4, -0.2) is 75.8 Å². The molecule has 2 aliphatic heterocycles. The van der Waals surface area contributed by atoms with E-state index in [2.05, 4.69) is 0 Å². The Hall–Kier alpha value is -2.12. The van der Waals surface area contributed by atoms with Crippen molar-refractivity contribution < 1.29 is 24.3 Å². The number of carbonyl (C=O) groups is 4. The van der Waals surface area contributed by atoms with Crippen LogP contribution in [-0.2, 0) is 14.4 Å². The van der Waals surface area contributed by atoms with Gasteiger partial charge in [-0.3, -0.25) is 14.5 Å². The van der Waals surface area contributed by atoms with Crippen LogP contribution < -0.4 is 0 Å². The molecule has 0 spiro atoms. The number of hydrogen-bond acceptors (Lipinski definition) is 4. The Labute approximate surface area is 146 Å². The molecule has 0 bridgehead atoms. The smallest absolute Gasteiger partial charge is 0.326 e. The van der Waals surface area contributed by atoms with Crippen molar-refractivity contribution in [3.63, 3.8) is 0 Å². The maximum Gasteiger partial charge on any atom is 0.326 e. The zero-order valence-corrected chi connectivity index (χ0v) is 14.5. The molecule has 0 aromatic rings. The largest absolute Gasteiger partial charge is 0.480 e. The minimum atomic E-state index is -0.936. The lowest BCUT2D eigenvalue weighted by atomic mass is 9.84. The third kappa shape index (κ3) is 3.34. The first-order valence-corrected chi connectivity index (χ1v) is 8.99. The highest BCUT2D eigenvalue weighted by molar-refractivity contribution is 6.01. The number of carboxylic acid groups (broad SMARTS) is 1. The van der Waals surface area contributed by atoms with E-state index in [1.807, 2.05) is 0 Å². The minimum absolute atomic E-state index is 0.0310. The zero-order valence-electron chi connectivity index (χ0n) is 14.5. The molecule has 0 aromatic carbocycles. The molecule has 3 rings (SSSR count). The van der Waals surface area contributed by atoms with E-state index < -0.39 is 12.0 Å². The Morgan fingerprint density at radius 2 is 1.92 bits per heavy atom. The van der Waals surface area contributed by atoms with Gasteiger partial charge in [0.05, 0.1) is 0 Å². The number of aliphatic carboxylic acids is 1. The fourth-order valence-electron chi connectivity index (χ4n) is 4.45. The van der Waals surface area contributed by atoms with Gasteiger partial charge in [0.2, 0.25) is 11.8 Å². The van der Waals surface area contributed by atoms with Gasteiger partial charge in [0.1, 0.15) is 12.6 Å². The number of nitrogens with zero attached hydrogens (tertiary/aromatic N) is 3. The molecule has 8 nitrogen and oxygen atoms in total. The molecule has 4 amide bonds. The van der Waals surface area contributed by atoms with Gasteiger partial charge >= 0.3 is 12.0 Å². The quantitative estimate of drug-likeness (QED) is 0.742. The molecule has 3 aliphatic rings. The van der Waals surface area contributed by atoms with Crippen molar-refractivity contribution >= 4 is 23.8 Å². The van der Waals surface area contributed by atoms with Gasteiger partial charge in [0.25, 0.3) is 0 Å². The summed E-state index contributed by atoms with van der Waals surface area (Å²) in [7, 11) is 1.57. The van der Waals surface area contributed by atoms with E-state index in [0.717, 1.165) is 30.6 Å². The average molecular weight is 351 g/mol. The summed E-state index contributed by atoms with van der Waals surface area (Å²) < 4.78 is 0. The first-order valence-electron chi connectivity index (χ1n) is 8.99. The lowest BCUT2D eigenvalue weighted by Crippen LogP contribution is -2.46. The number of urea groups is 1. The summed E-state index contributed by atoms with van der Waals surface area (Å²) in [5, 5.41) is 9.48. The van der Waals surface area contributed by atoms with E-state index in [9.17, 15) is 24.3 Å². The molecule has 8 heteroatoms. The molecule has 25 heavy (non-hydrogen) atoms. The standard InChI is InChI=1S/C17H25N3O5/c1-18-10-15(22)19(17(18)25)8-4-7-14(21)20-12-6-3-2-5-11(12)9-13(20)16(23)24/h11-13H,2-10H2,1H3,(H,23,24)/t11-,12+,13-/m0/s1. The predicted molar refractivity (Wildman–Crippen MR) is 87.6 cm³/mol. The van der Waals surface area contributed by atoms with Crippen LogP contribution >= 0.6 is 0 Å². The van der Waals surface area contributed by atoms with Gasteiger partial charge < -0.3 is 14.9 Å². The van der Waals surface area contributed by atoms with Gasteiger partial charge in [-0.1, -0.05) is 12.8 Å². The van der Waals surface area contributed by atoms with Crippen molar-refractivity contribution in [2.45, 2.75) is 57.0 Å². The number of likely N-dealkylation sites (N-methyl/N-ethyl adjacent to an activating group) is 1. The number of carbonyl (C=O) groups excluding carboxylic acids is 3. The lowest BCUT2D eigenvalue weighted by molar-refractivity contribution is -0.150. The van der Waals surface area contributed by atoms with Crippen molar-refractivity contribution in [2.24, 2.45) is 5.92 Å². The molecule has 2 heterocycles. The van der Waals surface area contributed by atoms with E-state index in [4.69, 9.17) is 0 Å². The first-order chi connectivity index (χ1) is 11.9. The van der Waals surface area contributed by atoms with Crippen LogP contribution in [0.1, 0.15) is 44.9 Å². The second-order valence-corrected chi connectivity index (χ2v) is 7.29. The monoisotopic (exact) mass is 351 g/mol. The summed E-state index contributed by atoms with van der Waals surface area (Å²) in [6, 6.07) is -1.04. The molecule has 138 valence electrons. The first kappa shape index (κ1) is 17.7. The van der Waals surface area contributed by atoms with Crippen molar-refractivity contribution in [2.75, 3.05) is 20.1 Å². The highest BCUT2D eigenvalue weighted by Crippen LogP contribution is 2.40. The molecule has 3 fully saturated rings.